The molecule has 1 aromatic heterocycles. The zero-order valence-corrected chi connectivity index (χ0v) is 11.6. The maximum absolute atomic E-state index is 12.2. The summed E-state index contributed by atoms with van der Waals surface area (Å²) < 4.78 is 4.98. The van der Waals surface area contributed by atoms with Crippen molar-refractivity contribution in [3.63, 3.8) is 0 Å². The molecule has 0 saturated heterocycles. The molecule has 0 fully saturated rings. The van der Waals surface area contributed by atoms with Crippen LogP contribution >= 0.6 is 0 Å². The molecule has 1 amide bonds. The minimum Gasteiger partial charge on any atom is -0.394 e. The largest absolute Gasteiger partial charge is 0.394 e. The van der Waals surface area contributed by atoms with Gasteiger partial charge in [0.15, 0.2) is 0 Å². The van der Waals surface area contributed by atoms with E-state index in [1.165, 1.54) is 0 Å². The fourth-order valence-electron chi connectivity index (χ4n) is 2.12. The van der Waals surface area contributed by atoms with Gasteiger partial charge < -0.3 is 14.9 Å². The van der Waals surface area contributed by atoms with Crippen molar-refractivity contribution in [1.29, 1.82) is 0 Å². The van der Waals surface area contributed by atoms with Crippen molar-refractivity contribution in [3.05, 3.63) is 52.9 Å². The number of carbonyl (C=O) groups excluding carboxylic acids is 1. The maximum Gasteiger partial charge on any atom is 0.257 e. The molecule has 0 aliphatic carbocycles. The number of amides is 1. The Morgan fingerprint density at radius 2 is 2.05 bits per heavy atom. The molecule has 106 valence electrons. The zero-order chi connectivity index (χ0) is 14.5. The van der Waals surface area contributed by atoms with E-state index in [2.05, 4.69) is 10.5 Å². The average Bonchev–Trinajstić information content (AvgIpc) is 2.78. The summed E-state index contributed by atoms with van der Waals surface area (Å²) in [5.41, 5.74) is 2.05. The van der Waals surface area contributed by atoms with Crippen LogP contribution in [-0.2, 0) is 6.42 Å². The quantitative estimate of drug-likeness (QED) is 0.869. The highest BCUT2D eigenvalue weighted by atomic mass is 16.5. The van der Waals surface area contributed by atoms with Crippen LogP contribution < -0.4 is 5.32 Å². The Kier molecular flexibility index (Phi) is 4.53. The van der Waals surface area contributed by atoms with E-state index in [9.17, 15) is 9.90 Å². The molecule has 0 bridgehead atoms. The van der Waals surface area contributed by atoms with E-state index in [1.807, 2.05) is 30.3 Å². The van der Waals surface area contributed by atoms with Crippen LogP contribution in [0.2, 0.25) is 0 Å². The van der Waals surface area contributed by atoms with Crippen molar-refractivity contribution in [3.8, 4) is 0 Å². The van der Waals surface area contributed by atoms with Crippen molar-refractivity contribution in [1.82, 2.24) is 10.5 Å². The number of carbonyl (C=O) groups is 1. The molecule has 0 spiro atoms. The molecule has 1 aromatic carbocycles. The van der Waals surface area contributed by atoms with Crippen molar-refractivity contribution in [2.24, 2.45) is 0 Å². The van der Waals surface area contributed by atoms with Gasteiger partial charge in [-0.05, 0) is 25.8 Å². The molecule has 1 atom stereocenters. The van der Waals surface area contributed by atoms with Gasteiger partial charge in [0.1, 0.15) is 11.3 Å². The predicted molar refractivity (Wildman–Crippen MR) is 74.5 cm³/mol. The first kappa shape index (κ1) is 14.3. The van der Waals surface area contributed by atoms with E-state index in [1.54, 1.807) is 13.8 Å². The van der Waals surface area contributed by atoms with Crippen LogP contribution in [-0.4, -0.2) is 28.8 Å². The molecule has 0 radical (unpaired) electrons. The molecular weight excluding hydrogens is 256 g/mol. The van der Waals surface area contributed by atoms with Gasteiger partial charge in [0.25, 0.3) is 5.91 Å². The number of aromatic nitrogens is 1. The molecule has 2 aromatic rings. The number of hydrogen-bond acceptors (Lipinski definition) is 4. The minimum absolute atomic E-state index is 0.121. The van der Waals surface area contributed by atoms with Crippen molar-refractivity contribution in [2.75, 3.05) is 6.61 Å². The third kappa shape index (κ3) is 3.24. The lowest BCUT2D eigenvalue weighted by atomic mass is 10.1. The molecule has 2 rings (SSSR count). The van der Waals surface area contributed by atoms with E-state index in [0.717, 1.165) is 5.56 Å². The molecular formula is C15H18N2O3. The summed E-state index contributed by atoms with van der Waals surface area (Å²) in [6.45, 7) is 3.29. The Hall–Kier alpha value is -2.14. The van der Waals surface area contributed by atoms with Gasteiger partial charge in [-0.1, -0.05) is 35.5 Å². The smallest absolute Gasteiger partial charge is 0.257 e. The maximum atomic E-state index is 12.2. The van der Waals surface area contributed by atoms with Gasteiger partial charge in [-0.2, -0.15) is 0 Å². The first-order valence-corrected chi connectivity index (χ1v) is 6.50. The summed E-state index contributed by atoms with van der Waals surface area (Å²) in [4.78, 5) is 12.2. The summed E-state index contributed by atoms with van der Waals surface area (Å²) in [6.07, 6.45) is 0.576. The summed E-state index contributed by atoms with van der Waals surface area (Å²) in [5.74, 6) is 0.215. The van der Waals surface area contributed by atoms with Crippen LogP contribution in [0.15, 0.2) is 34.9 Å². The van der Waals surface area contributed by atoms with E-state index in [4.69, 9.17) is 4.52 Å². The minimum atomic E-state index is -0.335. The Morgan fingerprint density at radius 3 is 2.60 bits per heavy atom. The second-order valence-corrected chi connectivity index (χ2v) is 4.74. The second kappa shape index (κ2) is 6.34. The Bertz CT molecular complexity index is 559. The SMILES string of the molecule is Cc1noc(C)c1C(=O)N[C@@H](CO)Cc1ccccc1. The number of aryl methyl sites for hydroxylation is 2. The number of aliphatic hydroxyl groups excluding tert-OH is 1. The second-order valence-electron chi connectivity index (χ2n) is 4.74. The molecule has 0 saturated carbocycles. The van der Waals surface area contributed by atoms with E-state index >= 15 is 0 Å². The van der Waals surface area contributed by atoms with Crippen molar-refractivity contribution < 1.29 is 14.4 Å². The molecule has 5 heteroatoms. The Morgan fingerprint density at radius 1 is 1.35 bits per heavy atom. The summed E-state index contributed by atoms with van der Waals surface area (Å²) in [7, 11) is 0. The molecule has 5 nitrogen and oxygen atoms in total. The van der Waals surface area contributed by atoms with Gasteiger partial charge in [0, 0.05) is 0 Å². The highest BCUT2D eigenvalue weighted by Gasteiger charge is 2.20. The van der Waals surface area contributed by atoms with Crippen LogP contribution in [0.25, 0.3) is 0 Å². The van der Waals surface area contributed by atoms with Gasteiger partial charge in [0.05, 0.1) is 18.3 Å². The van der Waals surface area contributed by atoms with Gasteiger partial charge in [-0.15, -0.1) is 0 Å². The molecule has 0 aliphatic heterocycles. The monoisotopic (exact) mass is 274 g/mol. The van der Waals surface area contributed by atoms with Crippen LogP contribution in [0, 0.1) is 13.8 Å². The van der Waals surface area contributed by atoms with Gasteiger partial charge in [-0.25, -0.2) is 0 Å². The van der Waals surface area contributed by atoms with Gasteiger partial charge in [0.2, 0.25) is 0 Å². The fraction of sp³-hybridized carbons (Fsp3) is 0.333. The lowest BCUT2D eigenvalue weighted by molar-refractivity contribution is 0.0914. The van der Waals surface area contributed by atoms with Crippen molar-refractivity contribution in [2.45, 2.75) is 26.3 Å². The summed E-state index contributed by atoms with van der Waals surface area (Å²) >= 11 is 0. The lowest BCUT2D eigenvalue weighted by Crippen LogP contribution is -2.39. The Balaban J connectivity index is 2.05. The predicted octanol–water partition coefficient (Wildman–Crippen LogP) is 1.62. The number of nitrogens with zero attached hydrogens (tertiary/aromatic N) is 1. The average molecular weight is 274 g/mol. The van der Waals surface area contributed by atoms with E-state index < -0.39 is 0 Å². The van der Waals surface area contributed by atoms with Crippen LogP contribution in [0.3, 0.4) is 0 Å². The first-order chi connectivity index (χ1) is 9.61. The third-order valence-electron chi connectivity index (χ3n) is 3.14. The Labute approximate surface area is 117 Å². The summed E-state index contributed by atoms with van der Waals surface area (Å²) in [5, 5.41) is 16.0. The van der Waals surface area contributed by atoms with Gasteiger partial charge >= 0.3 is 0 Å². The van der Waals surface area contributed by atoms with Crippen molar-refractivity contribution >= 4 is 5.91 Å². The number of rotatable bonds is 5. The molecule has 1 heterocycles. The molecule has 2 N–H and O–H groups in total. The van der Waals surface area contributed by atoms with Gasteiger partial charge in [-0.3, -0.25) is 4.79 Å². The number of hydrogen-bond donors (Lipinski definition) is 2. The molecule has 0 aliphatic rings. The standard InChI is InChI=1S/C15H18N2O3/c1-10-14(11(2)20-17-10)15(19)16-13(9-18)8-12-6-4-3-5-7-12/h3-7,13,18H,8-9H2,1-2H3,(H,16,19)/t13-/m1/s1. The van der Waals surface area contributed by atoms with Crippen LogP contribution in [0.5, 0.6) is 0 Å². The number of nitrogens with one attached hydrogen (secondary N) is 1. The number of aliphatic hydroxyl groups is 1. The fourth-order valence-corrected chi connectivity index (χ4v) is 2.12. The normalized spacial score (nSPS) is 12.2. The number of benzene rings is 1. The van der Waals surface area contributed by atoms with E-state index in [0.29, 0.717) is 23.4 Å². The highest BCUT2D eigenvalue weighted by molar-refractivity contribution is 5.96. The first-order valence-electron chi connectivity index (χ1n) is 6.50. The highest BCUT2D eigenvalue weighted by Crippen LogP contribution is 2.12. The summed E-state index contributed by atoms with van der Waals surface area (Å²) in [6, 6.07) is 9.38. The lowest BCUT2D eigenvalue weighted by Gasteiger charge is -2.16. The van der Waals surface area contributed by atoms with Crippen LogP contribution in [0.1, 0.15) is 27.4 Å². The third-order valence-corrected chi connectivity index (χ3v) is 3.14. The molecule has 0 unspecified atom stereocenters. The topological polar surface area (TPSA) is 75.4 Å². The van der Waals surface area contributed by atoms with Crippen LogP contribution in [0.4, 0.5) is 0 Å². The van der Waals surface area contributed by atoms with E-state index in [-0.39, 0.29) is 18.6 Å². The molecule has 20 heavy (non-hydrogen) atoms. The zero-order valence-electron chi connectivity index (χ0n) is 11.6.